The Kier molecular flexibility index (Phi) is 4.30. The number of nitrogens with two attached hydrogens (primary N) is 1. The zero-order valence-corrected chi connectivity index (χ0v) is 11.2. The Morgan fingerprint density at radius 3 is 2.61 bits per heavy atom. The second-order valence-corrected chi connectivity index (χ2v) is 5.91. The number of aryl methyl sites for hydroxylation is 1. The van der Waals surface area contributed by atoms with Crippen molar-refractivity contribution in [2.45, 2.75) is 24.9 Å². The lowest BCUT2D eigenvalue weighted by Crippen LogP contribution is -2.47. The van der Waals surface area contributed by atoms with Gasteiger partial charge in [-0.25, -0.2) is 13.4 Å². The van der Waals surface area contributed by atoms with Crippen LogP contribution in [0.3, 0.4) is 0 Å². The highest BCUT2D eigenvalue weighted by Crippen LogP contribution is 2.09. The first-order valence-corrected chi connectivity index (χ1v) is 6.74. The van der Waals surface area contributed by atoms with Gasteiger partial charge in [0.15, 0.2) is 10.9 Å². The average molecular weight is 275 g/mol. The summed E-state index contributed by atoms with van der Waals surface area (Å²) >= 11 is 0. The van der Waals surface area contributed by atoms with Gasteiger partial charge >= 0.3 is 0 Å². The van der Waals surface area contributed by atoms with Crippen LogP contribution in [0.15, 0.2) is 22.7 Å². The number of hydrogen-bond donors (Lipinski definition) is 3. The Morgan fingerprint density at radius 1 is 1.61 bits per heavy atom. The molecule has 9 heteroatoms. The first-order chi connectivity index (χ1) is 8.27. The topological polar surface area (TPSA) is 123 Å². The van der Waals surface area contributed by atoms with Crippen LogP contribution in [0.1, 0.15) is 13.8 Å². The van der Waals surface area contributed by atoms with Crippen LogP contribution in [0, 0.1) is 5.92 Å². The normalized spacial score (nSPS) is 15.0. The van der Waals surface area contributed by atoms with Gasteiger partial charge in [0, 0.05) is 13.2 Å². The third-order valence-electron chi connectivity index (χ3n) is 2.34. The third-order valence-corrected chi connectivity index (χ3v) is 3.67. The molecule has 0 amide bonds. The van der Waals surface area contributed by atoms with E-state index in [-0.39, 0.29) is 16.8 Å². The van der Waals surface area contributed by atoms with Gasteiger partial charge in [0.05, 0.1) is 12.4 Å². The number of aromatic nitrogens is 2. The first kappa shape index (κ1) is 14.5. The fraction of sp³-hybridized carbons (Fsp3) is 0.556. The number of oxime groups is 1. The van der Waals surface area contributed by atoms with Crippen LogP contribution in [-0.4, -0.2) is 35.1 Å². The van der Waals surface area contributed by atoms with Crippen LogP contribution in [0.4, 0.5) is 0 Å². The Morgan fingerprint density at radius 2 is 2.22 bits per heavy atom. The Balaban J connectivity index is 3.00. The number of rotatable bonds is 5. The summed E-state index contributed by atoms with van der Waals surface area (Å²) in [5, 5.41) is 11.4. The molecule has 0 bridgehead atoms. The van der Waals surface area contributed by atoms with E-state index in [2.05, 4.69) is 14.9 Å². The lowest BCUT2D eigenvalue weighted by molar-refractivity contribution is 0.313. The summed E-state index contributed by atoms with van der Waals surface area (Å²) in [7, 11) is -2.13. The van der Waals surface area contributed by atoms with Crippen LogP contribution >= 0.6 is 0 Å². The van der Waals surface area contributed by atoms with E-state index in [1.54, 1.807) is 20.9 Å². The molecule has 0 saturated heterocycles. The molecule has 1 heterocycles. The van der Waals surface area contributed by atoms with E-state index >= 15 is 0 Å². The molecule has 1 atom stereocenters. The summed E-state index contributed by atoms with van der Waals surface area (Å²) in [6.45, 7) is 3.51. The van der Waals surface area contributed by atoms with E-state index in [1.807, 2.05) is 0 Å². The highest BCUT2D eigenvalue weighted by Gasteiger charge is 2.27. The molecule has 1 aromatic heterocycles. The highest BCUT2D eigenvalue weighted by molar-refractivity contribution is 7.89. The van der Waals surface area contributed by atoms with E-state index in [1.165, 1.54) is 17.1 Å². The minimum atomic E-state index is -3.79. The van der Waals surface area contributed by atoms with Gasteiger partial charge in [0.2, 0.25) is 0 Å². The molecule has 1 unspecified atom stereocenters. The summed E-state index contributed by atoms with van der Waals surface area (Å²) in [5.74, 6) is -0.358. The fourth-order valence-electron chi connectivity index (χ4n) is 1.36. The van der Waals surface area contributed by atoms with E-state index in [4.69, 9.17) is 10.9 Å². The van der Waals surface area contributed by atoms with Crippen molar-refractivity contribution in [2.24, 2.45) is 23.9 Å². The molecule has 8 nitrogen and oxygen atoms in total. The van der Waals surface area contributed by atoms with Gasteiger partial charge in [-0.05, 0) is 5.92 Å². The zero-order valence-electron chi connectivity index (χ0n) is 10.4. The maximum Gasteiger partial charge on any atom is 0.260 e. The molecule has 0 aliphatic heterocycles. The van der Waals surface area contributed by atoms with Gasteiger partial charge in [0.1, 0.15) is 0 Å². The van der Waals surface area contributed by atoms with Crippen molar-refractivity contribution in [3.63, 3.8) is 0 Å². The van der Waals surface area contributed by atoms with Gasteiger partial charge < -0.3 is 15.5 Å². The third kappa shape index (κ3) is 3.20. The lowest BCUT2D eigenvalue weighted by atomic mass is 10.1. The average Bonchev–Trinajstić information content (AvgIpc) is 2.72. The van der Waals surface area contributed by atoms with E-state index in [0.29, 0.717) is 0 Å². The van der Waals surface area contributed by atoms with Gasteiger partial charge in [-0.3, -0.25) is 0 Å². The Labute approximate surface area is 106 Å². The molecule has 102 valence electrons. The molecule has 0 radical (unpaired) electrons. The maximum absolute atomic E-state index is 12.0. The molecule has 0 fully saturated rings. The van der Waals surface area contributed by atoms with Crippen molar-refractivity contribution in [1.29, 1.82) is 0 Å². The quantitative estimate of drug-likeness (QED) is 0.288. The summed E-state index contributed by atoms with van der Waals surface area (Å²) in [6.07, 6.45) is 2.74. The van der Waals surface area contributed by atoms with Gasteiger partial charge in [0.25, 0.3) is 10.0 Å². The predicted molar refractivity (Wildman–Crippen MR) is 65.6 cm³/mol. The molecular weight excluding hydrogens is 258 g/mol. The molecule has 4 N–H and O–H groups in total. The number of amidine groups is 1. The van der Waals surface area contributed by atoms with Crippen molar-refractivity contribution >= 4 is 15.9 Å². The number of nitrogens with one attached hydrogen (secondary N) is 1. The molecule has 1 rings (SSSR count). The standard InChI is InChI=1S/C9H17N5O3S/c1-6(2)8(9(10)12-15)13-18(16,17)7-4-14(3)5-11-7/h4-6,8,13,15H,1-3H3,(H2,10,12). The summed E-state index contributed by atoms with van der Waals surface area (Å²) in [6, 6.07) is -0.790. The van der Waals surface area contributed by atoms with Crippen LogP contribution in [0.2, 0.25) is 0 Å². The minimum absolute atomic E-state index is 0.110. The van der Waals surface area contributed by atoms with Crippen molar-refractivity contribution in [2.75, 3.05) is 0 Å². The van der Waals surface area contributed by atoms with Gasteiger partial charge in [-0.15, -0.1) is 0 Å². The zero-order chi connectivity index (χ0) is 13.9. The Bertz CT molecular complexity index is 534. The van der Waals surface area contributed by atoms with Crippen LogP contribution < -0.4 is 10.5 Å². The summed E-state index contributed by atoms with van der Waals surface area (Å²) in [4.78, 5) is 3.75. The van der Waals surface area contributed by atoms with Crippen molar-refractivity contribution < 1.29 is 13.6 Å². The minimum Gasteiger partial charge on any atom is -0.409 e. The first-order valence-electron chi connectivity index (χ1n) is 5.25. The molecule has 0 aliphatic carbocycles. The van der Waals surface area contributed by atoms with Gasteiger partial charge in [-0.1, -0.05) is 19.0 Å². The molecule has 0 spiro atoms. The molecular formula is C9H17N5O3S. The van der Waals surface area contributed by atoms with E-state index in [0.717, 1.165) is 0 Å². The smallest absolute Gasteiger partial charge is 0.260 e. The van der Waals surface area contributed by atoms with E-state index < -0.39 is 16.1 Å². The van der Waals surface area contributed by atoms with Crippen LogP contribution in [-0.2, 0) is 17.1 Å². The lowest BCUT2D eigenvalue weighted by Gasteiger charge is -2.19. The molecule has 0 aliphatic rings. The SMILES string of the molecule is CC(C)C(NS(=O)(=O)c1cn(C)cn1)C(N)=NO. The highest BCUT2D eigenvalue weighted by atomic mass is 32.2. The summed E-state index contributed by atoms with van der Waals surface area (Å²) in [5.41, 5.74) is 5.46. The van der Waals surface area contributed by atoms with Crippen LogP contribution in [0.25, 0.3) is 0 Å². The fourth-order valence-corrected chi connectivity index (χ4v) is 2.69. The number of imidazole rings is 1. The van der Waals surface area contributed by atoms with Gasteiger partial charge in [-0.2, -0.15) is 4.72 Å². The second kappa shape index (κ2) is 5.36. The largest absolute Gasteiger partial charge is 0.409 e. The van der Waals surface area contributed by atoms with Crippen LogP contribution in [0.5, 0.6) is 0 Å². The van der Waals surface area contributed by atoms with Crippen molar-refractivity contribution in [1.82, 2.24) is 14.3 Å². The van der Waals surface area contributed by atoms with E-state index in [9.17, 15) is 8.42 Å². The number of hydrogen-bond acceptors (Lipinski definition) is 5. The maximum atomic E-state index is 12.0. The summed E-state index contributed by atoms with van der Waals surface area (Å²) < 4.78 is 27.9. The Hall–Kier alpha value is -1.61. The molecule has 0 aromatic carbocycles. The number of nitrogens with zero attached hydrogens (tertiary/aromatic N) is 3. The monoisotopic (exact) mass is 275 g/mol. The molecule has 0 saturated carbocycles. The number of sulfonamides is 1. The van der Waals surface area contributed by atoms with Crippen molar-refractivity contribution in [3.05, 3.63) is 12.5 Å². The predicted octanol–water partition coefficient (Wildman–Crippen LogP) is -0.531. The second-order valence-electron chi connectivity index (χ2n) is 4.25. The van der Waals surface area contributed by atoms with Crippen molar-refractivity contribution in [3.8, 4) is 0 Å². The molecule has 1 aromatic rings. The molecule has 18 heavy (non-hydrogen) atoms.